The second-order valence-corrected chi connectivity index (χ2v) is 10.1. The minimum Gasteiger partial charge on any atom is -0.457 e. The first kappa shape index (κ1) is 23.5. The molecule has 2 aromatic carbocycles. The number of aromatic amines is 1. The number of urea groups is 1. The highest BCUT2D eigenvalue weighted by atomic mass is 16.5. The van der Waals surface area contributed by atoms with Gasteiger partial charge in [-0.05, 0) is 48.5 Å². The molecule has 0 atom stereocenters. The number of nitrogens with one attached hydrogen (secondary N) is 1. The summed E-state index contributed by atoms with van der Waals surface area (Å²) in [6, 6.07) is 21.6. The molecule has 0 spiro atoms. The van der Waals surface area contributed by atoms with E-state index in [0.29, 0.717) is 23.0 Å². The molecule has 0 unspecified atom stereocenters. The van der Waals surface area contributed by atoms with E-state index in [1.54, 1.807) is 47.4 Å². The summed E-state index contributed by atoms with van der Waals surface area (Å²) >= 11 is 0. The first-order valence-corrected chi connectivity index (χ1v) is 12.3. The third-order valence-corrected chi connectivity index (χ3v) is 6.44. The van der Waals surface area contributed by atoms with Crippen LogP contribution in [0.4, 0.5) is 16.3 Å². The zero-order valence-electron chi connectivity index (χ0n) is 21.3. The summed E-state index contributed by atoms with van der Waals surface area (Å²) in [7, 11) is 0. The number of benzene rings is 2. The quantitative estimate of drug-likeness (QED) is 0.303. The summed E-state index contributed by atoms with van der Waals surface area (Å²) in [6.45, 7) is 6.11. The molecule has 6 rings (SSSR count). The summed E-state index contributed by atoms with van der Waals surface area (Å²) in [5.41, 5.74) is 2.60. The standard InChI is InChI=1S/C29H26N6O3/c1-29(2,3)24-17-25(35(32-24)20-7-5-4-6-8-20)33-18-26(36)34(28(33)37)19-9-11-21(12-10-19)38-23-14-16-31-27-22(23)13-15-30-27/h4-17H,18H2,1-3H3,(H,30,31). The van der Waals surface area contributed by atoms with E-state index in [0.717, 1.165) is 22.4 Å². The molecule has 1 N–H and O–H groups in total. The number of rotatable bonds is 5. The Bertz CT molecular complexity index is 1650. The SMILES string of the molecule is CC(C)(C)c1cc(N2CC(=O)N(c3ccc(Oc4ccnc5[nH]ccc45)cc3)C2=O)n(-c2ccccc2)n1. The summed E-state index contributed by atoms with van der Waals surface area (Å²) in [5, 5.41) is 5.66. The van der Waals surface area contributed by atoms with Crippen molar-refractivity contribution in [3.8, 4) is 17.2 Å². The number of amides is 3. The van der Waals surface area contributed by atoms with E-state index in [2.05, 4.69) is 30.7 Å². The molecule has 4 heterocycles. The van der Waals surface area contributed by atoms with Gasteiger partial charge in [0.1, 0.15) is 29.5 Å². The molecule has 0 radical (unpaired) electrons. The van der Waals surface area contributed by atoms with Crippen LogP contribution in [0.15, 0.2) is 85.2 Å². The normalized spacial score (nSPS) is 14.1. The van der Waals surface area contributed by atoms with Crippen LogP contribution in [-0.4, -0.2) is 38.2 Å². The lowest BCUT2D eigenvalue weighted by Gasteiger charge is -2.18. The van der Waals surface area contributed by atoms with Crippen molar-refractivity contribution in [2.24, 2.45) is 0 Å². The van der Waals surface area contributed by atoms with Crippen LogP contribution in [0.5, 0.6) is 11.5 Å². The molecular formula is C29H26N6O3. The first-order chi connectivity index (χ1) is 18.3. The van der Waals surface area contributed by atoms with Crippen molar-refractivity contribution in [1.29, 1.82) is 0 Å². The Morgan fingerprint density at radius 1 is 0.921 bits per heavy atom. The van der Waals surface area contributed by atoms with Crippen LogP contribution in [0.3, 0.4) is 0 Å². The molecule has 9 heteroatoms. The van der Waals surface area contributed by atoms with Crippen LogP contribution in [-0.2, 0) is 10.2 Å². The Kier molecular flexibility index (Phi) is 5.48. The molecule has 1 saturated heterocycles. The molecular weight excluding hydrogens is 480 g/mol. The van der Waals surface area contributed by atoms with Crippen molar-refractivity contribution < 1.29 is 14.3 Å². The van der Waals surface area contributed by atoms with Gasteiger partial charge >= 0.3 is 6.03 Å². The smallest absolute Gasteiger partial charge is 0.337 e. The van der Waals surface area contributed by atoms with Crippen molar-refractivity contribution in [3.05, 3.63) is 90.9 Å². The highest BCUT2D eigenvalue weighted by molar-refractivity contribution is 6.26. The Morgan fingerprint density at radius 3 is 2.42 bits per heavy atom. The molecule has 0 aliphatic carbocycles. The monoisotopic (exact) mass is 506 g/mol. The van der Waals surface area contributed by atoms with E-state index >= 15 is 0 Å². The van der Waals surface area contributed by atoms with Gasteiger partial charge in [0.2, 0.25) is 0 Å². The molecule has 0 saturated carbocycles. The van der Waals surface area contributed by atoms with Crippen LogP contribution in [0.2, 0.25) is 0 Å². The molecule has 38 heavy (non-hydrogen) atoms. The minimum absolute atomic E-state index is 0.0817. The molecule has 9 nitrogen and oxygen atoms in total. The van der Waals surface area contributed by atoms with Crippen LogP contribution < -0.4 is 14.5 Å². The van der Waals surface area contributed by atoms with Crippen molar-refractivity contribution in [2.45, 2.75) is 26.2 Å². The number of para-hydroxylation sites is 1. The summed E-state index contributed by atoms with van der Waals surface area (Å²) in [4.78, 5) is 36.7. The lowest BCUT2D eigenvalue weighted by atomic mass is 9.92. The van der Waals surface area contributed by atoms with Gasteiger partial charge in [-0.3, -0.25) is 9.69 Å². The number of anilines is 2. The second kappa shape index (κ2) is 8.88. The molecule has 3 aromatic heterocycles. The van der Waals surface area contributed by atoms with E-state index in [-0.39, 0.29) is 17.9 Å². The lowest BCUT2D eigenvalue weighted by Crippen LogP contribution is -2.33. The van der Waals surface area contributed by atoms with Gasteiger partial charge < -0.3 is 9.72 Å². The third kappa shape index (κ3) is 4.07. The zero-order valence-corrected chi connectivity index (χ0v) is 21.3. The van der Waals surface area contributed by atoms with Gasteiger partial charge in [-0.2, -0.15) is 5.10 Å². The molecule has 3 amide bonds. The van der Waals surface area contributed by atoms with Crippen LogP contribution in [0.25, 0.3) is 16.7 Å². The summed E-state index contributed by atoms with van der Waals surface area (Å²) < 4.78 is 7.77. The third-order valence-electron chi connectivity index (χ3n) is 6.44. The summed E-state index contributed by atoms with van der Waals surface area (Å²) in [5.74, 6) is 1.47. The predicted octanol–water partition coefficient (Wildman–Crippen LogP) is 5.81. The van der Waals surface area contributed by atoms with Crippen molar-refractivity contribution in [1.82, 2.24) is 19.7 Å². The number of nitrogens with zero attached hydrogens (tertiary/aromatic N) is 5. The molecule has 0 bridgehead atoms. The number of imide groups is 1. The number of aromatic nitrogens is 4. The fourth-order valence-corrected chi connectivity index (χ4v) is 4.44. The minimum atomic E-state index is -0.427. The molecule has 1 aliphatic rings. The highest BCUT2D eigenvalue weighted by Gasteiger charge is 2.40. The number of hydrogen-bond donors (Lipinski definition) is 1. The summed E-state index contributed by atoms with van der Waals surface area (Å²) in [6.07, 6.45) is 3.47. The van der Waals surface area contributed by atoms with E-state index in [4.69, 9.17) is 9.84 Å². The maximum absolute atomic E-state index is 13.6. The van der Waals surface area contributed by atoms with Crippen molar-refractivity contribution >= 4 is 34.5 Å². The lowest BCUT2D eigenvalue weighted by molar-refractivity contribution is -0.115. The number of H-pyrrole nitrogens is 1. The maximum atomic E-state index is 13.6. The highest BCUT2D eigenvalue weighted by Crippen LogP contribution is 2.34. The van der Waals surface area contributed by atoms with Gasteiger partial charge in [-0.15, -0.1) is 0 Å². The van der Waals surface area contributed by atoms with Gasteiger partial charge in [0.15, 0.2) is 0 Å². The predicted molar refractivity (Wildman–Crippen MR) is 145 cm³/mol. The molecule has 1 fully saturated rings. The second-order valence-electron chi connectivity index (χ2n) is 10.1. The van der Waals surface area contributed by atoms with Crippen LogP contribution in [0.1, 0.15) is 26.5 Å². The van der Waals surface area contributed by atoms with E-state index in [9.17, 15) is 9.59 Å². The van der Waals surface area contributed by atoms with E-state index in [1.165, 1.54) is 9.80 Å². The first-order valence-electron chi connectivity index (χ1n) is 12.3. The maximum Gasteiger partial charge on any atom is 0.337 e. The van der Waals surface area contributed by atoms with Crippen molar-refractivity contribution in [3.63, 3.8) is 0 Å². The van der Waals surface area contributed by atoms with Gasteiger partial charge in [0.25, 0.3) is 5.91 Å². The Balaban J connectivity index is 1.29. The number of fused-ring (bicyclic) bond motifs is 1. The van der Waals surface area contributed by atoms with Gasteiger partial charge in [-0.1, -0.05) is 39.0 Å². The van der Waals surface area contributed by atoms with Gasteiger partial charge in [-0.25, -0.2) is 19.4 Å². The largest absolute Gasteiger partial charge is 0.457 e. The van der Waals surface area contributed by atoms with Crippen molar-refractivity contribution in [2.75, 3.05) is 16.3 Å². The number of pyridine rings is 1. The van der Waals surface area contributed by atoms with Gasteiger partial charge in [0.05, 0.1) is 22.5 Å². The molecule has 1 aliphatic heterocycles. The molecule has 5 aromatic rings. The number of hydrogen-bond acceptors (Lipinski definition) is 5. The Hall–Kier alpha value is -4.92. The topological polar surface area (TPSA) is 96.4 Å². The van der Waals surface area contributed by atoms with Crippen LogP contribution >= 0.6 is 0 Å². The average Bonchev–Trinajstić information content (AvgIpc) is 3.63. The number of carbonyl (C=O) groups is 2. The number of carbonyl (C=O) groups excluding carboxylic acids is 2. The van der Waals surface area contributed by atoms with Gasteiger partial charge in [0, 0.05) is 23.9 Å². The number of ether oxygens (including phenoxy) is 1. The van der Waals surface area contributed by atoms with Crippen LogP contribution in [0, 0.1) is 0 Å². The Morgan fingerprint density at radius 2 is 1.68 bits per heavy atom. The molecule has 190 valence electrons. The fraction of sp³-hybridized carbons (Fsp3) is 0.172. The van der Waals surface area contributed by atoms with E-state index < -0.39 is 6.03 Å². The fourth-order valence-electron chi connectivity index (χ4n) is 4.44. The zero-order chi connectivity index (χ0) is 26.4. The van der Waals surface area contributed by atoms with E-state index in [1.807, 2.05) is 42.5 Å². The average molecular weight is 507 g/mol. The Labute approximate surface area is 219 Å².